The maximum absolute atomic E-state index is 12.2. The third kappa shape index (κ3) is 4.06. The molecular formula is C18H18ClN7O. The highest BCUT2D eigenvalue weighted by Crippen LogP contribution is 2.16. The number of piperazine rings is 1. The van der Waals surface area contributed by atoms with E-state index in [4.69, 9.17) is 11.6 Å². The van der Waals surface area contributed by atoms with Crippen LogP contribution in [0.2, 0.25) is 5.02 Å². The standard InChI is InChI=1S/C18H18ClN7O/c19-15-11-21-18(22-12-15)25-9-7-24(8-10-25)16-1-2-17(27)26(23-16)13-14-3-5-20-6-4-14/h1-6,11-12H,7-10,13H2. The van der Waals surface area contributed by atoms with E-state index in [0.29, 0.717) is 17.5 Å². The normalized spacial score (nSPS) is 14.4. The monoisotopic (exact) mass is 383 g/mol. The fraction of sp³-hybridized carbons (Fsp3) is 0.278. The van der Waals surface area contributed by atoms with E-state index in [-0.39, 0.29) is 5.56 Å². The van der Waals surface area contributed by atoms with E-state index >= 15 is 0 Å². The number of nitrogens with zero attached hydrogens (tertiary/aromatic N) is 7. The van der Waals surface area contributed by atoms with Gasteiger partial charge in [-0.1, -0.05) is 11.6 Å². The first kappa shape index (κ1) is 17.4. The number of hydrogen-bond donors (Lipinski definition) is 0. The summed E-state index contributed by atoms with van der Waals surface area (Å²) < 4.78 is 1.49. The van der Waals surface area contributed by atoms with Gasteiger partial charge in [0.2, 0.25) is 5.95 Å². The SMILES string of the molecule is O=c1ccc(N2CCN(c3ncc(Cl)cn3)CC2)nn1Cc1ccncc1. The van der Waals surface area contributed by atoms with Crippen LogP contribution in [0.25, 0.3) is 0 Å². The minimum Gasteiger partial charge on any atom is -0.352 e. The van der Waals surface area contributed by atoms with E-state index in [1.54, 1.807) is 36.9 Å². The van der Waals surface area contributed by atoms with Crippen molar-refractivity contribution in [3.8, 4) is 0 Å². The van der Waals surface area contributed by atoms with Gasteiger partial charge < -0.3 is 9.80 Å². The highest BCUT2D eigenvalue weighted by atomic mass is 35.5. The molecule has 0 bridgehead atoms. The first-order valence-electron chi connectivity index (χ1n) is 8.63. The van der Waals surface area contributed by atoms with Crippen LogP contribution in [0.15, 0.2) is 53.8 Å². The van der Waals surface area contributed by atoms with Crippen molar-refractivity contribution in [2.24, 2.45) is 0 Å². The summed E-state index contributed by atoms with van der Waals surface area (Å²) in [5.74, 6) is 1.47. The van der Waals surface area contributed by atoms with Crippen molar-refractivity contribution in [3.63, 3.8) is 0 Å². The molecule has 0 unspecified atom stereocenters. The molecule has 27 heavy (non-hydrogen) atoms. The van der Waals surface area contributed by atoms with Crippen molar-refractivity contribution < 1.29 is 0 Å². The minimum absolute atomic E-state index is 0.122. The van der Waals surface area contributed by atoms with Crippen LogP contribution < -0.4 is 15.4 Å². The van der Waals surface area contributed by atoms with Gasteiger partial charge in [-0.05, 0) is 23.8 Å². The average molecular weight is 384 g/mol. The molecule has 0 radical (unpaired) electrons. The molecule has 0 spiro atoms. The summed E-state index contributed by atoms with van der Waals surface area (Å²) in [6.07, 6.45) is 6.63. The quantitative estimate of drug-likeness (QED) is 0.674. The molecule has 0 saturated carbocycles. The topological polar surface area (TPSA) is 80.0 Å². The molecule has 8 nitrogen and oxygen atoms in total. The van der Waals surface area contributed by atoms with Crippen molar-refractivity contribution in [1.29, 1.82) is 0 Å². The van der Waals surface area contributed by atoms with Gasteiger partial charge in [0.05, 0.1) is 24.0 Å². The molecule has 1 aliphatic rings. The molecule has 0 N–H and O–H groups in total. The average Bonchev–Trinajstić information content (AvgIpc) is 2.71. The Bertz CT molecular complexity index is 953. The molecule has 9 heteroatoms. The zero-order valence-electron chi connectivity index (χ0n) is 14.6. The first-order valence-corrected chi connectivity index (χ1v) is 9.01. The molecule has 1 saturated heterocycles. The van der Waals surface area contributed by atoms with Crippen molar-refractivity contribution in [3.05, 3.63) is 70.0 Å². The zero-order valence-corrected chi connectivity index (χ0v) is 15.3. The first-order chi connectivity index (χ1) is 13.2. The number of hydrogen-bond acceptors (Lipinski definition) is 7. The third-order valence-electron chi connectivity index (χ3n) is 4.43. The molecule has 0 aromatic carbocycles. The highest BCUT2D eigenvalue weighted by Gasteiger charge is 2.20. The van der Waals surface area contributed by atoms with Gasteiger partial charge in [0.1, 0.15) is 5.82 Å². The molecule has 1 aliphatic heterocycles. The molecular weight excluding hydrogens is 366 g/mol. The van der Waals surface area contributed by atoms with Gasteiger partial charge >= 0.3 is 0 Å². The van der Waals surface area contributed by atoms with Crippen LogP contribution in [-0.2, 0) is 6.54 Å². The van der Waals surface area contributed by atoms with Crippen LogP contribution in [0.3, 0.4) is 0 Å². The van der Waals surface area contributed by atoms with Crippen molar-refractivity contribution >= 4 is 23.4 Å². The molecule has 4 heterocycles. The second-order valence-electron chi connectivity index (χ2n) is 6.22. The maximum atomic E-state index is 12.2. The van der Waals surface area contributed by atoms with Gasteiger partial charge in [-0.25, -0.2) is 14.6 Å². The van der Waals surface area contributed by atoms with E-state index in [1.165, 1.54) is 4.68 Å². The van der Waals surface area contributed by atoms with E-state index in [2.05, 4.69) is 29.9 Å². The van der Waals surface area contributed by atoms with Crippen molar-refractivity contribution in [1.82, 2.24) is 24.7 Å². The summed E-state index contributed by atoms with van der Waals surface area (Å²) in [5.41, 5.74) is 0.866. The Hall–Kier alpha value is -3.00. The largest absolute Gasteiger partial charge is 0.352 e. The van der Waals surface area contributed by atoms with E-state index in [0.717, 1.165) is 37.6 Å². The van der Waals surface area contributed by atoms with Crippen LogP contribution in [0.4, 0.5) is 11.8 Å². The van der Waals surface area contributed by atoms with Crippen LogP contribution >= 0.6 is 11.6 Å². The third-order valence-corrected chi connectivity index (χ3v) is 4.62. The van der Waals surface area contributed by atoms with E-state index in [9.17, 15) is 4.79 Å². The fourth-order valence-corrected chi connectivity index (χ4v) is 3.08. The number of anilines is 2. The predicted octanol–water partition coefficient (Wildman–Crippen LogP) is 1.46. The Morgan fingerprint density at radius 2 is 1.59 bits per heavy atom. The Balaban J connectivity index is 1.46. The van der Waals surface area contributed by atoms with E-state index < -0.39 is 0 Å². The summed E-state index contributed by atoms with van der Waals surface area (Å²) in [7, 11) is 0. The number of pyridine rings is 1. The highest BCUT2D eigenvalue weighted by molar-refractivity contribution is 6.30. The summed E-state index contributed by atoms with van der Waals surface area (Å²) in [4.78, 5) is 29.0. The molecule has 1 fully saturated rings. The fourth-order valence-electron chi connectivity index (χ4n) is 2.99. The van der Waals surface area contributed by atoms with Crippen LogP contribution in [0, 0.1) is 0 Å². The molecule has 4 rings (SSSR count). The summed E-state index contributed by atoms with van der Waals surface area (Å²) in [5, 5.41) is 5.07. The molecule has 3 aromatic rings. The van der Waals surface area contributed by atoms with Crippen LogP contribution in [-0.4, -0.2) is 50.9 Å². The molecule has 0 aliphatic carbocycles. The molecule has 138 valence electrons. The molecule has 0 atom stereocenters. The van der Waals surface area contributed by atoms with Gasteiger partial charge in [0, 0.05) is 44.6 Å². The van der Waals surface area contributed by atoms with Gasteiger partial charge in [-0.15, -0.1) is 0 Å². The number of rotatable bonds is 4. The predicted molar refractivity (Wildman–Crippen MR) is 103 cm³/mol. The Kier molecular flexibility index (Phi) is 4.97. The Morgan fingerprint density at radius 1 is 0.926 bits per heavy atom. The second-order valence-corrected chi connectivity index (χ2v) is 6.65. The summed E-state index contributed by atoms with van der Waals surface area (Å²) >= 11 is 5.85. The van der Waals surface area contributed by atoms with Crippen molar-refractivity contribution in [2.45, 2.75) is 6.54 Å². The van der Waals surface area contributed by atoms with Crippen LogP contribution in [0.5, 0.6) is 0 Å². The maximum Gasteiger partial charge on any atom is 0.267 e. The second kappa shape index (κ2) is 7.71. The van der Waals surface area contributed by atoms with Crippen molar-refractivity contribution in [2.75, 3.05) is 36.0 Å². The number of aromatic nitrogens is 5. The lowest BCUT2D eigenvalue weighted by atomic mass is 10.3. The van der Waals surface area contributed by atoms with Crippen LogP contribution in [0.1, 0.15) is 5.56 Å². The lowest BCUT2D eigenvalue weighted by Gasteiger charge is -2.35. The smallest absolute Gasteiger partial charge is 0.267 e. The lowest BCUT2D eigenvalue weighted by Crippen LogP contribution is -2.47. The molecule has 3 aromatic heterocycles. The zero-order chi connectivity index (χ0) is 18.6. The summed E-state index contributed by atoms with van der Waals surface area (Å²) in [6, 6.07) is 7.11. The minimum atomic E-state index is -0.122. The summed E-state index contributed by atoms with van der Waals surface area (Å²) in [6.45, 7) is 3.51. The number of halogens is 1. The van der Waals surface area contributed by atoms with Gasteiger partial charge in [-0.2, -0.15) is 5.10 Å². The van der Waals surface area contributed by atoms with Gasteiger partial charge in [-0.3, -0.25) is 9.78 Å². The van der Waals surface area contributed by atoms with Gasteiger partial charge in [0.25, 0.3) is 5.56 Å². The van der Waals surface area contributed by atoms with E-state index in [1.807, 2.05) is 12.1 Å². The van der Waals surface area contributed by atoms with Gasteiger partial charge in [0.15, 0.2) is 0 Å². The molecule has 0 amide bonds. The Morgan fingerprint density at radius 3 is 2.30 bits per heavy atom. The Labute approximate surface area is 161 Å². The lowest BCUT2D eigenvalue weighted by molar-refractivity contribution is 0.596.